The van der Waals surface area contributed by atoms with Crippen molar-refractivity contribution in [3.63, 3.8) is 0 Å². The van der Waals surface area contributed by atoms with Gasteiger partial charge in [0.1, 0.15) is 6.04 Å². The summed E-state index contributed by atoms with van der Waals surface area (Å²) in [5, 5.41) is 2.71. The molecule has 4 heteroatoms. The third kappa shape index (κ3) is 5.69. The molecule has 0 saturated carbocycles. The number of hydrogen-bond donors (Lipinski definition) is 1. The Balaban J connectivity index is 2.62. The molecule has 1 atom stereocenters. The Morgan fingerprint density at radius 3 is 2.45 bits per heavy atom. The topological polar surface area (TPSA) is 55.4 Å². The van der Waals surface area contributed by atoms with Gasteiger partial charge >= 0.3 is 5.97 Å². The average Bonchev–Trinajstić information content (AvgIpc) is 2.43. The molecule has 4 nitrogen and oxygen atoms in total. The van der Waals surface area contributed by atoms with Crippen LogP contribution < -0.4 is 5.32 Å². The van der Waals surface area contributed by atoms with E-state index in [0.29, 0.717) is 6.42 Å². The van der Waals surface area contributed by atoms with Crippen molar-refractivity contribution in [2.75, 3.05) is 7.11 Å². The number of hydrogen-bond acceptors (Lipinski definition) is 3. The largest absolute Gasteiger partial charge is 0.467 e. The van der Waals surface area contributed by atoms with Gasteiger partial charge in [0.15, 0.2) is 0 Å². The number of carbonyl (C=O) groups is 2. The number of nitrogens with one attached hydrogen (secondary N) is 1. The molecule has 0 unspecified atom stereocenters. The van der Waals surface area contributed by atoms with Gasteiger partial charge in [-0.2, -0.15) is 0 Å². The molecular weight excluding hydrogens is 254 g/mol. The Bertz CT molecular complexity index is 476. The van der Waals surface area contributed by atoms with Crippen LogP contribution in [0.2, 0.25) is 0 Å². The molecular formula is C16H21NO3. The first-order valence-corrected chi connectivity index (χ1v) is 6.57. The minimum atomic E-state index is -0.633. The van der Waals surface area contributed by atoms with Crippen LogP contribution in [0.15, 0.2) is 42.0 Å². The van der Waals surface area contributed by atoms with E-state index in [1.807, 2.05) is 50.3 Å². The second kappa shape index (κ2) is 8.15. The lowest BCUT2D eigenvalue weighted by Gasteiger charge is -2.15. The summed E-state index contributed by atoms with van der Waals surface area (Å²) in [4.78, 5) is 23.6. The van der Waals surface area contributed by atoms with E-state index in [-0.39, 0.29) is 12.3 Å². The van der Waals surface area contributed by atoms with Crippen molar-refractivity contribution in [3.8, 4) is 0 Å². The van der Waals surface area contributed by atoms with Crippen LogP contribution in [0, 0.1) is 0 Å². The molecule has 0 heterocycles. The second-order valence-corrected chi connectivity index (χ2v) is 4.82. The van der Waals surface area contributed by atoms with E-state index < -0.39 is 12.0 Å². The van der Waals surface area contributed by atoms with Crippen LogP contribution >= 0.6 is 0 Å². The molecule has 1 aromatic rings. The molecule has 0 aliphatic heterocycles. The van der Waals surface area contributed by atoms with E-state index >= 15 is 0 Å². The maximum absolute atomic E-state index is 11.9. The second-order valence-electron chi connectivity index (χ2n) is 4.82. The highest BCUT2D eigenvalue weighted by Crippen LogP contribution is 2.03. The summed E-state index contributed by atoms with van der Waals surface area (Å²) < 4.78 is 4.71. The van der Waals surface area contributed by atoms with Crippen LogP contribution in [0.4, 0.5) is 0 Å². The molecule has 0 saturated heterocycles. The Morgan fingerprint density at radius 1 is 1.25 bits per heavy atom. The summed E-state index contributed by atoms with van der Waals surface area (Å²) in [6, 6.07) is 8.78. The van der Waals surface area contributed by atoms with E-state index in [1.54, 1.807) is 0 Å². The normalized spacial score (nSPS) is 11.3. The number of allylic oxidation sites excluding steroid dienone is 1. The summed E-state index contributed by atoms with van der Waals surface area (Å²) >= 11 is 0. The van der Waals surface area contributed by atoms with Gasteiger partial charge in [-0.3, -0.25) is 4.79 Å². The van der Waals surface area contributed by atoms with Gasteiger partial charge in [0.2, 0.25) is 5.91 Å². The monoisotopic (exact) mass is 275 g/mol. The Morgan fingerprint density at radius 2 is 1.90 bits per heavy atom. The van der Waals surface area contributed by atoms with Crippen molar-refractivity contribution in [1.82, 2.24) is 5.32 Å². The van der Waals surface area contributed by atoms with Gasteiger partial charge in [0.05, 0.1) is 13.5 Å². The van der Waals surface area contributed by atoms with Crippen molar-refractivity contribution in [2.24, 2.45) is 0 Å². The van der Waals surface area contributed by atoms with Crippen molar-refractivity contribution in [1.29, 1.82) is 0 Å². The predicted octanol–water partition coefficient (Wildman–Crippen LogP) is 2.24. The molecule has 1 N–H and O–H groups in total. The number of benzene rings is 1. The van der Waals surface area contributed by atoms with Gasteiger partial charge in [0.25, 0.3) is 0 Å². The van der Waals surface area contributed by atoms with Crippen LogP contribution in [-0.4, -0.2) is 25.0 Å². The first kappa shape index (κ1) is 16.0. The van der Waals surface area contributed by atoms with Gasteiger partial charge < -0.3 is 10.1 Å². The number of ether oxygens (including phenoxy) is 1. The SMILES string of the molecule is COC(=O)[C@@H](CC=C(C)C)NC(=O)Cc1ccccc1. The fourth-order valence-electron chi connectivity index (χ4n) is 1.74. The maximum Gasteiger partial charge on any atom is 0.328 e. The van der Waals surface area contributed by atoms with Gasteiger partial charge in [0, 0.05) is 0 Å². The van der Waals surface area contributed by atoms with Crippen LogP contribution in [0.1, 0.15) is 25.8 Å². The minimum Gasteiger partial charge on any atom is -0.467 e. The Kier molecular flexibility index (Phi) is 6.50. The molecule has 1 rings (SSSR count). The summed E-state index contributed by atoms with van der Waals surface area (Å²) in [5.74, 6) is -0.613. The van der Waals surface area contributed by atoms with Crippen molar-refractivity contribution in [2.45, 2.75) is 32.7 Å². The number of carbonyl (C=O) groups excluding carboxylic acids is 2. The molecule has 1 aromatic carbocycles. The molecule has 108 valence electrons. The van der Waals surface area contributed by atoms with E-state index in [1.165, 1.54) is 7.11 Å². The standard InChI is InChI=1S/C16H21NO3/c1-12(2)9-10-14(16(19)20-3)17-15(18)11-13-7-5-4-6-8-13/h4-9,14H,10-11H2,1-3H3,(H,17,18)/t14-/m1/s1. The van der Waals surface area contributed by atoms with Gasteiger partial charge in [-0.25, -0.2) is 4.79 Å². The van der Waals surface area contributed by atoms with Gasteiger partial charge in [-0.15, -0.1) is 0 Å². The molecule has 0 aromatic heterocycles. The zero-order valence-corrected chi connectivity index (χ0v) is 12.2. The third-order valence-electron chi connectivity index (χ3n) is 2.79. The number of esters is 1. The quantitative estimate of drug-likeness (QED) is 0.640. The minimum absolute atomic E-state index is 0.186. The molecule has 0 fully saturated rings. The highest BCUT2D eigenvalue weighted by molar-refractivity contribution is 5.85. The third-order valence-corrected chi connectivity index (χ3v) is 2.79. The molecule has 0 aliphatic carbocycles. The number of amides is 1. The summed E-state index contributed by atoms with van der Waals surface area (Å²) in [5.41, 5.74) is 2.01. The molecule has 1 amide bonds. The van der Waals surface area contributed by atoms with Crippen LogP contribution in [0.5, 0.6) is 0 Å². The highest BCUT2D eigenvalue weighted by atomic mass is 16.5. The predicted molar refractivity (Wildman–Crippen MR) is 78.1 cm³/mol. The molecule has 0 spiro atoms. The van der Waals surface area contributed by atoms with E-state index in [2.05, 4.69) is 5.32 Å². The first-order valence-electron chi connectivity index (χ1n) is 6.57. The van der Waals surface area contributed by atoms with Gasteiger partial charge in [-0.05, 0) is 25.8 Å². The van der Waals surface area contributed by atoms with Crippen molar-refractivity contribution < 1.29 is 14.3 Å². The zero-order valence-electron chi connectivity index (χ0n) is 12.2. The highest BCUT2D eigenvalue weighted by Gasteiger charge is 2.20. The van der Waals surface area contributed by atoms with E-state index in [0.717, 1.165) is 11.1 Å². The molecule has 0 radical (unpaired) electrons. The molecule has 0 bridgehead atoms. The Labute approximate surface area is 119 Å². The Hall–Kier alpha value is -2.10. The van der Waals surface area contributed by atoms with Crippen LogP contribution in [0.25, 0.3) is 0 Å². The smallest absolute Gasteiger partial charge is 0.328 e. The van der Waals surface area contributed by atoms with E-state index in [9.17, 15) is 9.59 Å². The average molecular weight is 275 g/mol. The summed E-state index contributed by atoms with van der Waals surface area (Å²) in [7, 11) is 1.32. The summed E-state index contributed by atoms with van der Waals surface area (Å²) in [6.07, 6.45) is 2.60. The van der Waals surface area contributed by atoms with Crippen LogP contribution in [0.3, 0.4) is 0 Å². The summed E-state index contributed by atoms with van der Waals surface area (Å²) in [6.45, 7) is 3.89. The number of methoxy groups -OCH3 is 1. The zero-order chi connectivity index (χ0) is 15.0. The fraction of sp³-hybridized carbons (Fsp3) is 0.375. The maximum atomic E-state index is 11.9. The fourth-order valence-corrected chi connectivity index (χ4v) is 1.74. The lowest BCUT2D eigenvalue weighted by molar-refractivity contribution is -0.144. The van der Waals surface area contributed by atoms with Crippen LogP contribution in [-0.2, 0) is 20.7 Å². The van der Waals surface area contributed by atoms with Crippen molar-refractivity contribution >= 4 is 11.9 Å². The van der Waals surface area contributed by atoms with Crippen molar-refractivity contribution in [3.05, 3.63) is 47.5 Å². The molecule has 20 heavy (non-hydrogen) atoms. The lowest BCUT2D eigenvalue weighted by Crippen LogP contribution is -2.41. The first-order chi connectivity index (χ1) is 9.52. The number of rotatable bonds is 6. The van der Waals surface area contributed by atoms with E-state index in [4.69, 9.17) is 4.74 Å². The van der Waals surface area contributed by atoms with Gasteiger partial charge in [-0.1, -0.05) is 42.0 Å². The molecule has 0 aliphatic rings. The lowest BCUT2D eigenvalue weighted by atomic mass is 10.1.